The highest BCUT2D eigenvalue weighted by Gasteiger charge is 2.44. The molecule has 1 unspecified atom stereocenters. The van der Waals surface area contributed by atoms with E-state index >= 15 is 4.39 Å². The third-order valence-electron chi connectivity index (χ3n) is 7.05. The van der Waals surface area contributed by atoms with Crippen LogP contribution in [0.1, 0.15) is 43.1 Å². The average Bonchev–Trinajstić information content (AvgIpc) is 2.94. The van der Waals surface area contributed by atoms with E-state index in [0.29, 0.717) is 24.8 Å². The minimum absolute atomic E-state index is 0.0445. The van der Waals surface area contributed by atoms with Gasteiger partial charge in [-0.25, -0.2) is 9.37 Å². The van der Waals surface area contributed by atoms with Crippen molar-refractivity contribution in [3.63, 3.8) is 0 Å². The van der Waals surface area contributed by atoms with Gasteiger partial charge in [0.05, 0.1) is 6.04 Å². The molecule has 2 aromatic rings. The molecule has 1 aromatic heterocycles. The number of nitrogens with zero attached hydrogens (tertiary/aromatic N) is 3. The van der Waals surface area contributed by atoms with Crippen LogP contribution in [0.15, 0.2) is 24.3 Å². The Morgan fingerprint density at radius 2 is 2.06 bits per heavy atom. The Morgan fingerprint density at radius 1 is 1.28 bits per heavy atom. The Kier molecular flexibility index (Phi) is 5.12. The van der Waals surface area contributed by atoms with Crippen LogP contribution in [-0.2, 0) is 0 Å². The third kappa shape index (κ3) is 3.34. The highest BCUT2D eigenvalue weighted by Crippen LogP contribution is 2.44. The molecule has 0 saturated carbocycles. The zero-order valence-electron chi connectivity index (χ0n) is 19.2. The minimum atomic E-state index is -0.552. The summed E-state index contributed by atoms with van der Waals surface area (Å²) < 4.78 is 22.1. The number of aryl methyl sites for hydroxylation is 1. The van der Waals surface area contributed by atoms with Crippen molar-refractivity contribution in [2.75, 3.05) is 37.7 Å². The summed E-state index contributed by atoms with van der Waals surface area (Å²) in [6, 6.07) is 7.51. The molecule has 3 aliphatic heterocycles. The molecule has 6 nitrogen and oxygen atoms in total. The highest BCUT2D eigenvalue weighted by molar-refractivity contribution is 6.03. The number of pyridine rings is 1. The second-order valence-corrected chi connectivity index (χ2v) is 10.0. The van der Waals surface area contributed by atoms with Gasteiger partial charge in [-0.2, -0.15) is 0 Å². The van der Waals surface area contributed by atoms with Gasteiger partial charge in [0.1, 0.15) is 23.7 Å². The summed E-state index contributed by atoms with van der Waals surface area (Å²) in [7, 11) is 0. The fourth-order valence-electron chi connectivity index (χ4n) is 5.53. The first kappa shape index (κ1) is 21.2. The van der Waals surface area contributed by atoms with E-state index in [9.17, 15) is 4.79 Å². The monoisotopic (exact) mass is 438 g/mol. The zero-order valence-corrected chi connectivity index (χ0v) is 19.2. The second-order valence-electron chi connectivity index (χ2n) is 10.0. The average molecular weight is 439 g/mol. The Morgan fingerprint density at radius 3 is 2.78 bits per heavy atom. The maximum absolute atomic E-state index is 16.0. The van der Waals surface area contributed by atoms with Crippen molar-refractivity contribution in [1.29, 1.82) is 0 Å². The smallest absolute Gasteiger partial charge is 0.261 e. The maximum atomic E-state index is 16.0. The SMILES string of the molecule is Cc1ccccc1-c1nc(N2CC(C)CC2(C)C)c2c(c1F)OC[C@H]1CNCCN1C2=O. The number of piperazine rings is 1. The molecule has 0 aliphatic carbocycles. The molecule has 7 heteroatoms. The number of hydrogen-bond acceptors (Lipinski definition) is 5. The summed E-state index contributed by atoms with van der Waals surface area (Å²) in [6.45, 7) is 11.4. The summed E-state index contributed by atoms with van der Waals surface area (Å²) in [5.41, 5.74) is 1.97. The molecule has 2 fully saturated rings. The Labute approximate surface area is 188 Å². The number of fused-ring (bicyclic) bond motifs is 2. The van der Waals surface area contributed by atoms with Crippen LogP contribution in [0, 0.1) is 18.7 Å². The summed E-state index contributed by atoms with van der Waals surface area (Å²) in [6.07, 6.45) is 0.978. The van der Waals surface area contributed by atoms with Crippen LogP contribution in [0.5, 0.6) is 5.75 Å². The molecule has 3 aliphatic rings. The molecule has 4 heterocycles. The van der Waals surface area contributed by atoms with Gasteiger partial charge in [0.25, 0.3) is 5.91 Å². The van der Waals surface area contributed by atoms with E-state index in [2.05, 4.69) is 31.0 Å². The number of rotatable bonds is 2. The fraction of sp³-hybridized carbons (Fsp3) is 0.520. The lowest BCUT2D eigenvalue weighted by Gasteiger charge is -2.36. The van der Waals surface area contributed by atoms with E-state index in [4.69, 9.17) is 9.72 Å². The van der Waals surface area contributed by atoms with Gasteiger partial charge in [0, 0.05) is 37.3 Å². The van der Waals surface area contributed by atoms with Gasteiger partial charge in [-0.15, -0.1) is 0 Å². The maximum Gasteiger partial charge on any atom is 0.261 e. The van der Waals surface area contributed by atoms with Gasteiger partial charge in [-0.1, -0.05) is 31.2 Å². The largest absolute Gasteiger partial charge is 0.487 e. The number of ether oxygens (including phenoxy) is 1. The summed E-state index contributed by atoms with van der Waals surface area (Å²) in [4.78, 5) is 22.7. The second kappa shape index (κ2) is 7.73. The van der Waals surface area contributed by atoms with E-state index in [1.54, 1.807) is 0 Å². The number of nitrogens with one attached hydrogen (secondary N) is 1. The van der Waals surface area contributed by atoms with E-state index < -0.39 is 5.82 Å². The van der Waals surface area contributed by atoms with Gasteiger partial charge < -0.3 is 19.9 Å². The van der Waals surface area contributed by atoms with Crippen molar-refractivity contribution in [3.05, 3.63) is 41.2 Å². The number of benzene rings is 1. The fourth-order valence-corrected chi connectivity index (χ4v) is 5.53. The van der Waals surface area contributed by atoms with Crippen molar-refractivity contribution >= 4 is 11.7 Å². The molecule has 1 N–H and O–H groups in total. The van der Waals surface area contributed by atoms with Crippen LogP contribution < -0.4 is 15.0 Å². The number of carbonyl (C=O) groups is 1. The van der Waals surface area contributed by atoms with Crippen molar-refractivity contribution in [2.45, 2.75) is 45.7 Å². The van der Waals surface area contributed by atoms with Crippen LogP contribution in [0.2, 0.25) is 0 Å². The predicted octanol–water partition coefficient (Wildman–Crippen LogP) is 3.63. The number of anilines is 1. The molecule has 2 atom stereocenters. The van der Waals surface area contributed by atoms with Crippen molar-refractivity contribution < 1.29 is 13.9 Å². The molecule has 0 spiro atoms. The number of aromatic nitrogens is 1. The Bertz CT molecular complexity index is 1070. The van der Waals surface area contributed by atoms with Gasteiger partial charge in [0.2, 0.25) is 0 Å². The number of halogens is 1. The molecule has 32 heavy (non-hydrogen) atoms. The summed E-state index contributed by atoms with van der Waals surface area (Å²) in [5, 5.41) is 3.31. The van der Waals surface area contributed by atoms with Crippen molar-refractivity contribution in [2.24, 2.45) is 5.92 Å². The van der Waals surface area contributed by atoms with Crippen LogP contribution in [0.25, 0.3) is 11.3 Å². The van der Waals surface area contributed by atoms with Crippen LogP contribution in [0.3, 0.4) is 0 Å². The van der Waals surface area contributed by atoms with E-state index in [1.165, 1.54) is 0 Å². The van der Waals surface area contributed by atoms with Gasteiger partial charge in [-0.05, 0) is 38.7 Å². The predicted molar refractivity (Wildman–Crippen MR) is 123 cm³/mol. The Balaban J connectivity index is 1.76. The van der Waals surface area contributed by atoms with Crippen molar-refractivity contribution in [1.82, 2.24) is 15.2 Å². The van der Waals surface area contributed by atoms with E-state index in [1.807, 2.05) is 36.1 Å². The molecular weight excluding hydrogens is 407 g/mol. The van der Waals surface area contributed by atoms with Crippen LogP contribution in [-0.4, -0.2) is 60.2 Å². The minimum Gasteiger partial charge on any atom is -0.487 e. The lowest BCUT2D eigenvalue weighted by Crippen LogP contribution is -2.55. The summed E-state index contributed by atoms with van der Waals surface area (Å²) >= 11 is 0. The van der Waals surface area contributed by atoms with Crippen LogP contribution >= 0.6 is 0 Å². The number of hydrogen-bond donors (Lipinski definition) is 1. The normalized spacial score (nSPS) is 24.6. The highest BCUT2D eigenvalue weighted by atomic mass is 19.1. The molecule has 1 aromatic carbocycles. The molecule has 170 valence electrons. The van der Waals surface area contributed by atoms with E-state index in [0.717, 1.165) is 30.6 Å². The molecule has 2 saturated heterocycles. The zero-order chi connectivity index (χ0) is 22.6. The lowest BCUT2D eigenvalue weighted by molar-refractivity contribution is 0.0606. The first-order valence-corrected chi connectivity index (χ1v) is 11.5. The Hall–Kier alpha value is -2.67. The number of amides is 1. The molecule has 0 radical (unpaired) electrons. The first-order chi connectivity index (χ1) is 15.3. The van der Waals surface area contributed by atoms with Gasteiger partial charge in [-0.3, -0.25) is 4.79 Å². The quantitative estimate of drug-likeness (QED) is 0.776. The molecular formula is C25H31FN4O2. The molecule has 5 rings (SSSR count). The van der Waals surface area contributed by atoms with Gasteiger partial charge in [0.15, 0.2) is 11.6 Å². The van der Waals surface area contributed by atoms with Gasteiger partial charge >= 0.3 is 0 Å². The molecule has 1 amide bonds. The summed E-state index contributed by atoms with van der Waals surface area (Å²) in [5.74, 6) is 0.297. The number of carbonyl (C=O) groups excluding carboxylic acids is 1. The van der Waals surface area contributed by atoms with E-state index in [-0.39, 0.29) is 41.1 Å². The van der Waals surface area contributed by atoms with Crippen molar-refractivity contribution in [3.8, 4) is 17.0 Å². The first-order valence-electron chi connectivity index (χ1n) is 11.5. The standard InChI is InChI=1S/C25H31FN4O2/c1-15-11-25(3,4)30(13-15)23-19-22(32-14-17-12-27-9-10-29(17)24(19)31)20(26)21(28-23)18-8-6-5-7-16(18)2/h5-8,15,17,27H,9-14H2,1-4H3/t15?,17-/m1/s1. The lowest BCUT2D eigenvalue weighted by atomic mass is 9.97. The van der Waals surface area contributed by atoms with Crippen LogP contribution in [0.4, 0.5) is 10.2 Å². The molecule has 0 bridgehead atoms. The third-order valence-corrected chi connectivity index (χ3v) is 7.05. The topological polar surface area (TPSA) is 57.7 Å².